The number of rotatable bonds is 6. The van der Waals surface area contributed by atoms with Crippen molar-refractivity contribution in [2.24, 2.45) is 0 Å². The largest absolute Gasteiger partial charge is 0.398 e. The summed E-state index contributed by atoms with van der Waals surface area (Å²) in [5, 5.41) is 2.94. The molecule has 1 unspecified atom stereocenters. The fourth-order valence-corrected chi connectivity index (χ4v) is 1.67. The number of carbonyl (C=O) groups is 1. The first-order chi connectivity index (χ1) is 8.15. The Bertz CT molecular complexity index is 365. The Balaban J connectivity index is 2.46. The second-order valence-electron chi connectivity index (χ2n) is 4.33. The van der Waals surface area contributed by atoms with E-state index in [1.54, 1.807) is 12.3 Å². The number of unbranched alkanes of at least 4 members (excludes halogenated alkanes) is 2. The molecule has 1 atom stereocenters. The number of nitrogens with zero attached hydrogens (tertiary/aromatic N) is 1. The van der Waals surface area contributed by atoms with Crippen molar-refractivity contribution in [3.63, 3.8) is 0 Å². The van der Waals surface area contributed by atoms with Crippen LogP contribution in [-0.2, 0) is 0 Å². The van der Waals surface area contributed by atoms with E-state index >= 15 is 0 Å². The Kier molecular flexibility index (Phi) is 5.46. The van der Waals surface area contributed by atoms with E-state index in [4.69, 9.17) is 5.73 Å². The molecule has 0 aromatic carbocycles. The van der Waals surface area contributed by atoms with E-state index in [1.807, 2.05) is 6.92 Å². The van der Waals surface area contributed by atoms with E-state index in [0.29, 0.717) is 11.3 Å². The van der Waals surface area contributed by atoms with Crippen LogP contribution in [0.4, 0.5) is 5.69 Å². The maximum absolute atomic E-state index is 11.9. The minimum Gasteiger partial charge on any atom is -0.398 e. The fraction of sp³-hybridized carbons (Fsp3) is 0.538. The van der Waals surface area contributed by atoms with Crippen LogP contribution >= 0.6 is 0 Å². The summed E-state index contributed by atoms with van der Waals surface area (Å²) in [6.45, 7) is 4.18. The quantitative estimate of drug-likeness (QED) is 0.744. The van der Waals surface area contributed by atoms with Crippen molar-refractivity contribution in [3.05, 3.63) is 24.0 Å². The molecular weight excluding hydrogens is 214 g/mol. The Hall–Kier alpha value is -1.58. The minimum absolute atomic E-state index is 0.139. The summed E-state index contributed by atoms with van der Waals surface area (Å²) in [6, 6.07) is 1.81. The fourth-order valence-electron chi connectivity index (χ4n) is 1.67. The monoisotopic (exact) mass is 235 g/mol. The van der Waals surface area contributed by atoms with Gasteiger partial charge in [-0.15, -0.1) is 0 Å². The molecule has 1 rings (SSSR count). The van der Waals surface area contributed by atoms with Crippen LogP contribution in [0.25, 0.3) is 0 Å². The Morgan fingerprint density at radius 3 is 2.94 bits per heavy atom. The van der Waals surface area contributed by atoms with Crippen molar-refractivity contribution in [2.75, 3.05) is 5.73 Å². The van der Waals surface area contributed by atoms with Gasteiger partial charge in [-0.2, -0.15) is 0 Å². The standard InChI is InChI=1S/C13H21N3O/c1-3-4-5-6-10(2)16-13(17)11-9-15-8-7-12(11)14/h7-10H,3-6H2,1-2H3,(H2,14,15)(H,16,17). The summed E-state index contributed by atoms with van der Waals surface area (Å²) >= 11 is 0. The van der Waals surface area contributed by atoms with Gasteiger partial charge in [0.15, 0.2) is 0 Å². The molecule has 0 saturated heterocycles. The summed E-state index contributed by atoms with van der Waals surface area (Å²) in [5.41, 5.74) is 6.64. The van der Waals surface area contributed by atoms with Crippen molar-refractivity contribution < 1.29 is 4.79 Å². The van der Waals surface area contributed by atoms with Gasteiger partial charge in [-0.05, 0) is 19.4 Å². The van der Waals surface area contributed by atoms with Crippen LogP contribution in [0.5, 0.6) is 0 Å². The number of hydrogen-bond donors (Lipinski definition) is 2. The molecule has 17 heavy (non-hydrogen) atoms. The third kappa shape index (κ3) is 4.43. The van der Waals surface area contributed by atoms with E-state index in [2.05, 4.69) is 17.2 Å². The number of carbonyl (C=O) groups excluding carboxylic acids is 1. The Morgan fingerprint density at radius 2 is 2.29 bits per heavy atom. The highest BCUT2D eigenvalue weighted by molar-refractivity contribution is 5.98. The highest BCUT2D eigenvalue weighted by Gasteiger charge is 2.12. The molecule has 0 radical (unpaired) electrons. The van der Waals surface area contributed by atoms with Crippen molar-refractivity contribution >= 4 is 11.6 Å². The highest BCUT2D eigenvalue weighted by atomic mass is 16.1. The van der Waals surface area contributed by atoms with Crippen LogP contribution < -0.4 is 11.1 Å². The zero-order chi connectivity index (χ0) is 12.7. The lowest BCUT2D eigenvalue weighted by Crippen LogP contribution is -2.33. The minimum atomic E-state index is -0.139. The zero-order valence-electron chi connectivity index (χ0n) is 10.6. The van der Waals surface area contributed by atoms with Gasteiger partial charge in [0, 0.05) is 24.1 Å². The first-order valence-corrected chi connectivity index (χ1v) is 6.15. The number of amides is 1. The maximum Gasteiger partial charge on any atom is 0.255 e. The van der Waals surface area contributed by atoms with Crippen LogP contribution in [0.15, 0.2) is 18.5 Å². The molecule has 0 saturated carbocycles. The second-order valence-corrected chi connectivity index (χ2v) is 4.33. The normalized spacial score (nSPS) is 12.1. The number of nitrogen functional groups attached to an aromatic ring is 1. The van der Waals surface area contributed by atoms with Crippen LogP contribution in [0.2, 0.25) is 0 Å². The first kappa shape index (κ1) is 13.5. The Labute approximate surface area is 103 Å². The van der Waals surface area contributed by atoms with Crippen molar-refractivity contribution in [1.82, 2.24) is 10.3 Å². The zero-order valence-corrected chi connectivity index (χ0v) is 10.6. The molecule has 1 amide bonds. The number of nitrogens with two attached hydrogens (primary N) is 1. The molecule has 0 aliphatic rings. The predicted molar refractivity (Wildman–Crippen MR) is 69.7 cm³/mol. The molecule has 0 fully saturated rings. The molecule has 0 aliphatic heterocycles. The molecule has 1 aromatic rings. The molecule has 4 nitrogen and oxygen atoms in total. The average Bonchev–Trinajstić information content (AvgIpc) is 2.29. The lowest BCUT2D eigenvalue weighted by atomic mass is 10.1. The topological polar surface area (TPSA) is 68.0 Å². The van der Waals surface area contributed by atoms with Gasteiger partial charge in [0.05, 0.1) is 5.56 Å². The second kappa shape index (κ2) is 6.89. The summed E-state index contributed by atoms with van der Waals surface area (Å²) in [7, 11) is 0. The van der Waals surface area contributed by atoms with Crippen LogP contribution in [0.1, 0.15) is 49.9 Å². The number of nitrogens with one attached hydrogen (secondary N) is 1. The number of pyridine rings is 1. The highest BCUT2D eigenvalue weighted by Crippen LogP contribution is 2.09. The van der Waals surface area contributed by atoms with Gasteiger partial charge in [-0.25, -0.2) is 0 Å². The van der Waals surface area contributed by atoms with Crippen molar-refractivity contribution in [2.45, 2.75) is 45.6 Å². The van der Waals surface area contributed by atoms with Gasteiger partial charge in [-0.3, -0.25) is 9.78 Å². The lowest BCUT2D eigenvalue weighted by molar-refractivity contribution is 0.0938. The summed E-state index contributed by atoms with van der Waals surface area (Å²) in [5.74, 6) is -0.139. The number of aromatic nitrogens is 1. The number of hydrogen-bond acceptors (Lipinski definition) is 3. The summed E-state index contributed by atoms with van der Waals surface area (Å²) in [6.07, 6.45) is 7.62. The molecule has 4 heteroatoms. The molecule has 3 N–H and O–H groups in total. The van der Waals surface area contributed by atoms with Gasteiger partial charge >= 0.3 is 0 Å². The average molecular weight is 235 g/mol. The number of anilines is 1. The molecule has 0 spiro atoms. The van der Waals surface area contributed by atoms with Crippen molar-refractivity contribution in [3.8, 4) is 0 Å². The van der Waals surface area contributed by atoms with Crippen LogP contribution in [0.3, 0.4) is 0 Å². The first-order valence-electron chi connectivity index (χ1n) is 6.15. The van der Waals surface area contributed by atoms with E-state index in [1.165, 1.54) is 19.0 Å². The van der Waals surface area contributed by atoms with Gasteiger partial charge in [-0.1, -0.05) is 26.2 Å². The summed E-state index contributed by atoms with van der Waals surface area (Å²) in [4.78, 5) is 15.8. The van der Waals surface area contributed by atoms with Gasteiger partial charge < -0.3 is 11.1 Å². The van der Waals surface area contributed by atoms with Crippen LogP contribution in [-0.4, -0.2) is 16.9 Å². The third-order valence-corrected chi connectivity index (χ3v) is 2.72. The van der Waals surface area contributed by atoms with E-state index < -0.39 is 0 Å². The molecule has 94 valence electrons. The van der Waals surface area contributed by atoms with Crippen molar-refractivity contribution in [1.29, 1.82) is 0 Å². The van der Waals surface area contributed by atoms with Gasteiger partial charge in [0.25, 0.3) is 5.91 Å². The van der Waals surface area contributed by atoms with Crippen LogP contribution in [0, 0.1) is 0 Å². The SMILES string of the molecule is CCCCCC(C)NC(=O)c1cnccc1N. The van der Waals surface area contributed by atoms with E-state index in [9.17, 15) is 4.79 Å². The van der Waals surface area contributed by atoms with Gasteiger partial charge in [0.1, 0.15) is 0 Å². The van der Waals surface area contributed by atoms with Gasteiger partial charge in [0.2, 0.25) is 0 Å². The summed E-state index contributed by atoms with van der Waals surface area (Å²) < 4.78 is 0. The molecule has 0 aliphatic carbocycles. The molecule has 1 aromatic heterocycles. The van der Waals surface area contributed by atoms with E-state index in [0.717, 1.165) is 12.8 Å². The molecule has 0 bridgehead atoms. The lowest BCUT2D eigenvalue weighted by Gasteiger charge is -2.14. The molecular formula is C13H21N3O. The van der Waals surface area contributed by atoms with E-state index in [-0.39, 0.29) is 11.9 Å². The predicted octanol–water partition coefficient (Wildman–Crippen LogP) is 2.36. The maximum atomic E-state index is 11.9. The third-order valence-electron chi connectivity index (χ3n) is 2.72. The smallest absolute Gasteiger partial charge is 0.255 e. The molecule has 1 heterocycles. The Morgan fingerprint density at radius 1 is 1.53 bits per heavy atom.